The maximum absolute atomic E-state index is 13.1. The van der Waals surface area contributed by atoms with Gasteiger partial charge in [-0.05, 0) is 32.0 Å². The summed E-state index contributed by atoms with van der Waals surface area (Å²) in [6, 6.07) is 3.32. The van der Waals surface area contributed by atoms with Crippen LogP contribution in [-0.4, -0.2) is 24.9 Å². The first kappa shape index (κ1) is 15.5. The second-order valence-corrected chi connectivity index (χ2v) is 6.79. The Bertz CT molecular complexity index is 751. The summed E-state index contributed by atoms with van der Waals surface area (Å²) in [7, 11) is -2.34. The van der Waals surface area contributed by atoms with Gasteiger partial charge >= 0.3 is 0 Å². The summed E-state index contributed by atoms with van der Waals surface area (Å²) >= 11 is 0. The maximum Gasteiger partial charge on any atom is 0.243 e. The van der Waals surface area contributed by atoms with E-state index in [1.165, 1.54) is 13.1 Å². The molecule has 0 aliphatic carbocycles. The van der Waals surface area contributed by atoms with Gasteiger partial charge in [-0.15, -0.1) is 0 Å². The first-order valence-electron chi connectivity index (χ1n) is 6.16. The van der Waals surface area contributed by atoms with E-state index in [1.54, 1.807) is 13.8 Å². The van der Waals surface area contributed by atoms with E-state index in [2.05, 4.69) is 5.16 Å². The Kier molecular flexibility index (Phi) is 4.02. The van der Waals surface area contributed by atoms with Crippen LogP contribution in [0.2, 0.25) is 0 Å². The molecular weight excluding hydrogens is 297 g/mol. The molecule has 1 aromatic carbocycles. The summed E-state index contributed by atoms with van der Waals surface area (Å²) in [5.74, 6) is -0.0875. The lowest BCUT2D eigenvalue weighted by molar-refractivity contribution is 0.390. The molecule has 0 radical (unpaired) electrons. The van der Waals surface area contributed by atoms with Crippen LogP contribution in [0.1, 0.15) is 17.0 Å². The molecule has 2 N–H and O–H groups in total. The normalized spacial score (nSPS) is 12.0. The van der Waals surface area contributed by atoms with E-state index in [0.29, 0.717) is 17.0 Å². The molecule has 6 nitrogen and oxygen atoms in total. The fourth-order valence-electron chi connectivity index (χ4n) is 1.90. The Hall–Kier alpha value is -1.93. The van der Waals surface area contributed by atoms with Crippen molar-refractivity contribution in [3.63, 3.8) is 0 Å². The minimum Gasteiger partial charge on any atom is -0.396 e. The van der Waals surface area contributed by atoms with Crippen molar-refractivity contribution in [1.29, 1.82) is 0 Å². The standard InChI is InChI=1S/C13H16FN3O3S/c1-8-11(9(2)20-16-8)7-17(3)21(18,19)10-4-5-12(14)13(15)6-10/h4-6H,7,15H2,1-3H3. The highest BCUT2D eigenvalue weighted by Gasteiger charge is 2.24. The minimum atomic E-state index is -3.77. The molecule has 0 atom stereocenters. The van der Waals surface area contributed by atoms with Gasteiger partial charge in [0.15, 0.2) is 0 Å². The summed E-state index contributed by atoms with van der Waals surface area (Å²) in [6.07, 6.45) is 0. The average Bonchev–Trinajstić information content (AvgIpc) is 2.73. The number of rotatable bonds is 4. The second-order valence-electron chi connectivity index (χ2n) is 4.75. The molecular formula is C13H16FN3O3S. The molecule has 0 saturated heterocycles. The van der Waals surface area contributed by atoms with E-state index in [1.807, 2.05) is 0 Å². The zero-order valence-corrected chi connectivity index (χ0v) is 12.7. The van der Waals surface area contributed by atoms with Crippen LogP contribution < -0.4 is 5.73 Å². The van der Waals surface area contributed by atoms with Gasteiger partial charge in [0.05, 0.1) is 16.3 Å². The van der Waals surface area contributed by atoms with Crippen LogP contribution in [-0.2, 0) is 16.6 Å². The van der Waals surface area contributed by atoms with Crippen molar-refractivity contribution < 1.29 is 17.3 Å². The predicted octanol–water partition coefficient (Wildman–Crippen LogP) is 1.83. The molecule has 0 spiro atoms. The van der Waals surface area contributed by atoms with Crippen LogP contribution in [0.15, 0.2) is 27.6 Å². The number of sulfonamides is 1. The van der Waals surface area contributed by atoms with Crippen LogP contribution in [0, 0.1) is 19.7 Å². The molecule has 0 aliphatic heterocycles. The van der Waals surface area contributed by atoms with Crippen molar-refractivity contribution >= 4 is 15.7 Å². The van der Waals surface area contributed by atoms with Crippen LogP contribution in [0.3, 0.4) is 0 Å². The van der Waals surface area contributed by atoms with Crippen molar-refractivity contribution in [3.8, 4) is 0 Å². The predicted molar refractivity (Wildman–Crippen MR) is 75.4 cm³/mol. The molecule has 0 amide bonds. The lowest BCUT2D eigenvalue weighted by Crippen LogP contribution is -2.27. The van der Waals surface area contributed by atoms with Crippen molar-refractivity contribution in [2.75, 3.05) is 12.8 Å². The molecule has 8 heteroatoms. The number of anilines is 1. The summed E-state index contributed by atoms with van der Waals surface area (Å²) in [5, 5.41) is 3.78. The number of nitrogens with zero attached hydrogens (tertiary/aromatic N) is 2. The van der Waals surface area contributed by atoms with Crippen molar-refractivity contribution in [2.24, 2.45) is 0 Å². The monoisotopic (exact) mass is 313 g/mol. The van der Waals surface area contributed by atoms with E-state index in [9.17, 15) is 12.8 Å². The zero-order chi connectivity index (χ0) is 15.8. The summed E-state index contributed by atoms with van der Waals surface area (Å²) < 4.78 is 44.2. The number of hydrogen-bond acceptors (Lipinski definition) is 5. The molecule has 0 fully saturated rings. The largest absolute Gasteiger partial charge is 0.396 e. The molecule has 0 bridgehead atoms. The van der Waals surface area contributed by atoms with E-state index < -0.39 is 15.8 Å². The lowest BCUT2D eigenvalue weighted by Gasteiger charge is -2.17. The van der Waals surface area contributed by atoms with Gasteiger partial charge in [-0.1, -0.05) is 5.16 Å². The molecule has 1 heterocycles. The highest BCUT2D eigenvalue weighted by molar-refractivity contribution is 7.89. The Balaban J connectivity index is 2.32. The van der Waals surface area contributed by atoms with E-state index >= 15 is 0 Å². The van der Waals surface area contributed by atoms with Crippen molar-refractivity contribution in [1.82, 2.24) is 9.46 Å². The Morgan fingerprint density at radius 1 is 1.38 bits per heavy atom. The smallest absolute Gasteiger partial charge is 0.243 e. The van der Waals surface area contributed by atoms with Gasteiger partial charge in [-0.25, -0.2) is 12.8 Å². The maximum atomic E-state index is 13.1. The number of benzene rings is 1. The fourth-order valence-corrected chi connectivity index (χ4v) is 3.07. The summed E-state index contributed by atoms with van der Waals surface area (Å²) in [5.41, 5.74) is 6.55. The summed E-state index contributed by atoms with van der Waals surface area (Å²) in [6.45, 7) is 3.56. The highest BCUT2D eigenvalue weighted by atomic mass is 32.2. The van der Waals surface area contributed by atoms with Crippen molar-refractivity contribution in [2.45, 2.75) is 25.3 Å². The number of hydrogen-bond donors (Lipinski definition) is 1. The second kappa shape index (κ2) is 5.45. The van der Waals surface area contributed by atoms with Crippen LogP contribution in [0.5, 0.6) is 0 Å². The SMILES string of the molecule is Cc1noc(C)c1CN(C)S(=O)(=O)c1ccc(F)c(N)c1. The van der Waals surface area contributed by atoms with Crippen LogP contribution in [0.25, 0.3) is 0 Å². The third kappa shape index (κ3) is 2.91. The average molecular weight is 313 g/mol. The van der Waals surface area contributed by atoms with E-state index in [4.69, 9.17) is 10.3 Å². The molecule has 2 rings (SSSR count). The first-order valence-corrected chi connectivity index (χ1v) is 7.60. The van der Waals surface area contributed by atoms with Crippen molar-refractivity contribution in [3.05, 3.63) is 41.0 Å². The van der Waals surface area contributed by atoms with Gasteiger partial charge in [0.2, 0.25) is 10.0 Å². The summed E-state index contributed by atoms with van der Waals surface area (Å²) in [4.78, 5) is -0.0596. The molecule has 0 saturated carbocycles. The zero-order valence-electron chi connectivity index (χ0n) is 11.9. The molecule has 21 heavy (non-hydrogen) atoms. The number of halogens is 1. The molecule has 2 aromatic rings. The van der Waals surface area contributed by atoms with Gasteiger partial charge in [-0.2, -0.15) is 4.31 Å². The minimum absolute atomic E-state index is 0.0596. The molecule has 114 valence electrons. The van der Waals surface area contributed by atoms with Gasteiger partial charge in [0.1, 0.15) is 11.6 Å². The number of aromatic nitrogens is 1. The van der Waals surface area contributed by atoms with Crippen LogP contribution >= 0.6 is 0 Å². The number of nitrogen functional groups attached to an aromatic ring is 1. The molecule has 1 aromatic heterocycles. The third-order valence-electron chi connectivity index (χ3n) is 3.24. The lowest BCUT2D eigenvalue weighted by atomic mass is 10.2. The van der Waals surface area contributed by atoms with E-state index in [-0.39, 0.29) is 17.1 Å². The van der Waals surface area contributed by atoms with Gasteiger partial charge in [0.25, 0.3) is 0 Å². The van der Waals surface area contributed by atoms with Gasteiger partial charge in [-0.3, -0.25) is 0 Å². The fraction of sp³-hybridized carbons (Fsp3) is 0.308. The van der Waals surface area contributed by atoms with Gasteiger partial charge in [0, 0.05) is 19.2 Å². The number of nitrogens with two attached hydrogens (primary N) is 1. The molecule has 0 aliphatic rings. The third-order valence-corrected chi connectivity index (χ3v) is 5.04. The van der Waals surface area contributed by atoms with Gasteiger partial charge < -0.3 is 10.3 Å². The Morgan fingerprint density at radius 2 is 2.05 bits per heavy atom. The molecule has 0 unspecified atom stereocenters. The Morgan fingerprint density at radius 3 is 2.57 bits per heavy atom. The number of aryl methyl sites for hydroxylation is 2. The topological polar surface area (TPSA) is 89.4 Å². The highest BCUT2D eigenvalue weighted by Crippen LogP contribution is 2.22. The van der Waals surface area contributed by atoms with Crippen LogP contribution in [0.4, 0.5) is 10.1 Å². The first-order chi connectivity index (χ1) is 9.73. The Labute approximate surface area is 122 Å². The quantitative estimate of drug-likeness (QED) is 0.870. The van der Waals surface area contributed by atoms with E-state index in [0.717, 1.165) is 16.4 Å².